The summed E-state index contributed by atoms with van der Waals surface area (Å²) >= 11 is 0. The van der Waals surface area contributed by atoms with E-state index in [2.05, 4.69) is 5.16 Å². The summed E-state index contributed by atoms with van der Waals surface area (Å²) < 4.78 is 5.18. The molecule has 0 atom stereocenters. The minimum absolute atomic E-state index is 0.161. The van der Waals surface area contributed by atoms with Crippen molar-refractivity contribution in [3.05, 3.63) is 53.4 Å². The van der Waals surface area contributed by atoms with E-state index in [1.54, 1.807) is 15.9 Å². The van der Waals surface area contributed by atoms with Gasteiger partial charge in [0, 0.05) is 32.2 Å². The third-order valence-electron chi connectivity index (χ3n) is 6.13. The summed E-state index contributed by atoms with van der Waals surface area (Å²) in [6.07, 6.45) is 1.50. The smallest absolute Gasteiger partial charge is 0.327 e. The van der Waals surface area contributed by atoms with Gasteiger partial charge in [-0.05, 0) is 31.7 Å². The lowest BCUT2D eigenvalue weighted by Gasteiger charge is -2.42. The molecule has 8 nitrogen and oxygen atoms in total. The van der Waals surface area contributed by atoms with Gasteiger partial charge < -0.3 is 14.3 Å². The van der Waals surface area contributed by atoms with E-state index in [1.165, 1.54) is 4.90 Å². The molecular weight excluding hydrogens is 384 g/mol. The number of hydrogen-bond donors (Lipinski definition) is 0. The van der Waals surface area contributed by atoms with E-state index in [4.69, 9.17) is 4.52 Å². The van der Waals surface area contributed by atoms with Crippen LogP contribution in [0.25, 0.3) is 0 Å². The Labute approximate surface area is 175 Å². The van der Waals surface area contributed by atoms with Crippen molar-refractivity contribution in [2.24, 2.45) is 0 Å². The molecule has 30 heavy (non-hydrogen) atoms. The summed E-state index contributed by atoms with van der Waals surface area (Å²) in [6, 6.07) is 11.1. The van der Waals surface area contributed by atoms with E-state index >= 15 is 0 Å². The average molecular weight is 410 g/mol. The molecule has 0 aliphatic carbocycles. The van der Waals surface area contributed by atoms with Crippen LogP contribution in [0.3, 0.4) is 0 Å². The van der Waals surface area contributed by atoms with Crippen LogP contribution in [0.2, 0.25) is 0 Å². The van der Waals surface area contributed by atoms with Gasteiger partial charge in [0.25, 0.3) is 11.8 Å². The lowest BCUT2D eigenvalue weighted by Crippen LogP contribution is -2.57. The van der Waals surface area contributed by atoms with Crippen LogP contribution in [0.1, 0.15) is 48.5 Å². The van der Waals surface area contributed by atoms with Gasteiger partial charge in [-0.2, -0.15) is 0 Å². The predicted molar refractivity (Wildman–Crippen MR) is 109 cm³/mol. The fourth-order valence-corrected chi connectivity index (χ4v) is 4.34. The van der Waals surface area contributed by atoms with Crippen LogP contribution in [0, 0.1) is 0 Å². The Bertz CT molecular complexity index is 947. The third kappa shape index (κ3) is 3.26. The van der Waals surface area contributed by atoms with Crippen molar-refractivity contribution >= 4 is 17.8 Å². The molecule has 2 aliphatic heterocycles. The number of imide groups is 1. The Morgan fingerprint density at radius 3 is 2.43 bits per heavy atom. The Hall–Kier alpha value is -3.16. The molecule has 4 amide bonds. The molecule has 1 spiro atoms. The number of amides is 4. The number of nitrogens with zero attached hydrogens (tertiary/aromatic N) is 4. The Morgan fingerprint density at radius 1 is 1.13 bits per heavy atom. The number of likely N-dealkylation sites (tertiary alicyclic amines) is 1. The van der Waals surface area contributed by atoms with Crippen LogP contribution in [0.4, 0.5) is 4.79 Å². The van der Waals surface area contributed by atoms with E-state index < -0.39 is 5.54 Å². The highest BCUT2D eigenvalue weighted by Gasteiger charge is 2.57. The van der Waals surface area contributed by atoms with E-state index in [1.807, 2.05) is 44.2 Å². The monoisotopic (exact) mass is 410 g/mol. The lowest BCUT2D eigenvalue weighted by molar-refractivity contribution is -0.135. The molecule has 3 heterocycles. The van der Waals surface area contributed by atoms with E-state index in [9.17, 15) is 14.4 Å². The number of carbonyl (C=O) groups excluding carboxylic acids is 3. The van der Waals surface area contributed by atoms with Gasteiger partial charge in [-0.25, -0.2) is 4.79 Å². The summed E-state index contributed by atoms with van der Waals surface area (Å²) in [7, 11) is 0. The molecule has 0 bridgehead atoms. The molecule has 4 rings (SSSR count). The second-order valence-electron chi connectivity index (χ2n) is 7.76. The fraction of sp³-hybridized carbons (Fsp3) is 0.455. The van der Waals surface area contributed by atoms with Crippen LogP contribution in [0.15, 0.2) is 40.9 Å². The Morgan fingerprint density at radius 2 is 1.83 bits per heavy atom. The number of aryl methyl sites for hydroxylation is 1. The van der Waals surface area contributed by atoms with Gasteiger partial charge in [-0.3, -0.25) is 14.5 Å². The first-order valence-electron chi connectivity index (χ1n) is 10.4. The molecule has 2 aliphatic rings. The maximum atomic E-state index is 13.2. The number of rotatable bonds is 5. The minimum Gasteiger partial charge on any atom is -0.351 e. The first kappa shape index (κ1) is 20.1. The van der Waals surface area contributed by atoms with Gasteiger partial charge >= 0.3 is 6.03 Å². The molecule has 0 radical (unpaired) electrons. The first-order chi connectivity index (χ1) is 14.5. The lowest BCUT2D eigenvalue weighted by atomic mass is 9.85. The van der Waals surface area contributed by atoms with Crippen molar-refractivity contribution in [2.75, 3.05) is 19.6 Å². The normalized spacial score (nSPS) is 18.5. The van der Waals surface area contributed by atoms with Gasteiger partial charge in [-0.15, -0.1) is 0 Å². The van der Waals surface area contributed by atoms with E-state index in [0.29, 0.717) is 45.4 Å². The summed E-state index contributed by atoms with van der Waals surface area (Å²) in [5, 5.41) is 3.89. The van der Waals surface area contributed by atoms with Crippen LogP contribution >= 0.6 is 0 Å². The summed E-state index contributed by atoms with van der Waals surface area (Å²) in [4.78, 5) is 43.8. The predicted octanol–water partition coefficient (Wildman–Crippen LogP) is 2.70. The number of likely N-dealkylation sites (N-methyl/N-ethyl adjacent to an activating group) is 1. The number of aromatic nitrogens is 1. The van der Waals surface area contributed by atoms with Crippen molar-refractivity contribution in [1.29, 1.82) is 0 Å². The van der Waals surface area contributed by atoms with Crippen LogP contribution in [-0.2, 0) is 17.8 Å². The Kier molecular flexibility index (Phi) is 5.32. The van der Waals surface area contributed by atoms with Gasteiger partial charge in [0.2, 0.25) is 5.76 Å². The number of urea groups is 1. The zero-order chi connectivity index (χ0) is 21.3. The van der Waals surface area contributed by atoms with Crippen LogP contribution < -0.4 is 0 Å². The number of hydrogen-bond acceptors (Lipinski definition) is 5. The largest absolute Gasteiger partial charge is 0.351 e. The van der Waals surface area contributed by atoms with Gasteiger partial charge in [0.05, 0.1) is 5.69 Å². The number of piperidine rings is 1. The summed E-state index contributed by atoms with van der Waals surface area (Å²) in [5.41, 5.74) is 0.801. The van der Waals surface area contributed by atoms with Gasteiger partial charge in [-0.1, -0.05) is 42.4 Å². The quantitative estimate of drug-likeness (QED) is 0.708. The maximum Gasteiger partial charge on any atom is 0.327 e. The van der Waals surface area contributed by atoms with Crippen molar-refractivity contribution in [2.45, 2.75) is 45.2 Å². The molecule has 1 aromatic heterocycles. The first-order valence-corrected chi connectivity index (χ1v) is 10.4. The third-order valence-corrected chi connectivity index (χ3v) is 6.13. The van der Waals surface area contributed by atoms with Gasteiger partial charge in [0.15, 0.2) is 0 Å². The molecule has 2 saturated heterocycles. The highest BCUT2D eigenvalue weighted by atomic mass is 16.5. The van der Waals surface area contributed by atoms with Gasteiger partial charge in [0.1, 0.15) is 5.54 Å². The molecule has 8 heteroatoms. The van der Waals surface area contributed by atoms with Crippen molar-refractivity contribution < 1.29 is 18.9 Å². The molecule has 0 unspecified atom stereocenters. The zero-order valence-corrected chi connectivity index (χ0v) is 17.3. The SMILES string of the molecule is CCc1cc(C(=O)N2CCC3(CC2)C(=O)N(CC)C(=O)N3Cc2ccccc2)on1. The highest BCUT2D eigenvalue weighted by molar-refractivity contribution is 6.07. The molecule has 0 saturated carbocycles. The standard InChI is InChI=1S/C22H26N4O4/c1-3-17-14-18(30-23-17)19(27)24-12-10-22(11-13-24)20(28)25(4-2)21(29)26(22)15-16-8-6-5-7-9-16/h5-9,14H,3-4,10-13,15H2,1-2H3. The number of benzene rings is 1. The molecule has 2 fully saturated rings. The molecule has 2 aromatic rings. The van der Waals surface area contributed by atoms with Crippen molar-refractivity contribution in [3.8, 4) is 0 Å². The second-order valence-corrected chi connectivity index (χ2v) is 7.76. The summed E-state index contributed by atoms with van der Waals surface area (Å²) in [5.74, 6) is -0.172. The van der Waals surface area contributed by atoms with E-state index in [-0.39, 0.29) is 23.6 Å². The highest BCUT2D eigenvalue weighted by Crippen LogP contribution is 2.38. The fourth-order valence-electron chi connectivity index (χ4n) is 4.34. The molecular formula is C22H26N4O4. The molecule has 158 valence electrons. The number of carbonyl (C=O) groups is 3. The minimum atomic E-state index is -0.907. The Balaban J connectivity index is 1.55. The van der Waals surface area contributed by atoms with Crippen molar-refractivity contribution in [1.82, 2.24) is 19.9 Å². The van der Waals surface area contributed by atoms with E-state index in [0.717, 1.165) is 11.3 Å². The zero-order valence-electron chi connectivity index (χ0n) is 17.3. The average Bonchev–Trinajstić information content (AvgIpc) is 3.33. The summed E-state index contributed by atoms with van der Waals surface area (Å²) in [6.45, 7) is 5.22. The van der Waals surface area contributed by atoms with Crippen LogP contribution in [-0.4, -0.2) is 62.9 Å². The van der Waals surface area contributed by atoms with Crippen molar-refractivity contribution in [3.63, 3.8) is 0 Å². The van der Waals surface area contributed by atoms with Crippen LogP contribution in [0.5, 0.6) is 0 Å². The molecule has 1 aromatic carbocycles. The topological polar surface area (TPSA) is 87.0 Å². The second kappa shape index (κ2) is 7.93. The maximum absolute atomic E-state index is 13.2. The molecule has 0 N–H and O–H groups in total.